The van der Waals surface area contributed by atoms with Crippen molar-refractivity contribution < 1.29 is 39.2 Å². The van der Waals surface area contributed by atoms with Gasteiger partial charge in [0.1, 0.15) is 40.3 Å². The fourth-order valence-electron chi connectivity index (χ4n) is 3.45. The molecule has 0 radical (unpaired) electrons. The van der Waals surface area contributed by atoms with Crippen LogP contribution in [0.5, 0.6) is 11.5 Å². The lowest BCUT2D eigenvalue weighted by Crippen LogP contribution is -2.71. The quantitative estimate of drug-likeness (QED) is 0.310. The van der Waals surface area contributed by atoms with Crippen LogP contribution in [0.4, 0.5) is 4.79 Å². The van der Waals surface area contributed by atoms with Crippen molar-refractivity contribution in [3.8, 4) is 11.5 Å². The summed E-state index contributed by atoms with van der Waals surface area (Å²) in [7, 11) is 0. The van der Waals surface area contributed by atoms with E-state index in [1.807, 2.05) is 0 Å². The second-order valence-electron chi connectivity index (χ2n) is 8.61. The number of carbonyl (C=O) groups excluding carboxylic acids is 3. The van der Waals surface area contributed by atoms with Gasteiger partial charge in [0.15, 0.2) is 0 Å². The largest absolute Gasteiger partial charge is 0.508 e. The first-order valence-corrected chi connectivity index (χ1v) is 11.0. The third-order valence-electron chi connectivity index (χ3n) is 4.81. The number of carboxylic acid groups (broad SMARTS) is 1. The second kappa shape index (κ2) is 8.85. The Morgan fingerprint density at radius 2 is 1.88 bits per heavy atom. The Hall–Kier alpha value is -3.41. The topological polar surface area (TPSA) is 166 Å². The summed E-state index contributed by atoms with van der Waals surface area (Å²) in [5, 5.41) is 33.5. The van der Waals surface area contributed by atoms with Gasteiger partial charge in [0.05, 0.1) is 0 Å². The first kappa shape index (κ1) is 24.2. The zero-order valence-corrected chi connectivity index (χ0v) is 19.2. The number of carboxylic acids is 1. The molecule has 2 aliphatic heterocycles. The number of thioether (sulfide) groups is 1. The highest BCUT2D eigenvalue weighted by Gasteiger charge is 2.54. The van der Waals surface area contributed by atoms with Crippen LogP contribution in [-0.4, -0.2) is 66.4 Å². The van der Waals surface area contributed by atoms with E-state index >= 15 is 0 Å². The Balaban J connectivity index is 1.84. The van der Waals surface area contributed by atoms with Gasteiger partial charge in [-0.15, -0.1) is 11.8 Å². The Bertz CT molecular complexity index is 1030. The molecule has 33 heavy (non-hydrogen) atoms. The number of alkyl carbamates (subject to hydrolysis) is 1. The average molecular weight is 480 g/mol. The van der Waals surface area contributed by atoms with Crippen LogP contribution in [-0.2, 0) is 19.1 Å². The number of hydrogen-bond donors (Lipinski definition) is 5. The van der Waals surface area contributed by atoms with E-state index in [-0.39, 0.29) is 28.0 Å². The predicted octanol–water partition coefficient (Wildman–Crippen LogP) is 1.42. The first-order chi connectivity index (χ1) is 15.3. The van der Waals surface area contributed by atoms with Crippen molar-refractivity contribution in [1.82, 2.24) is 15.5 Å². The minimum atomic E-state index is -1.51. The lowest BCUT2D eigenvalue weighted by Gasteiger charge is -2.49. The molecule has 0 bridgehead atoms. The molecule has 1 saturated heterocycles. The van der Waals surface area contributed by atoms with Crippen LogP contribution in [0.2, 0.25) is 0 Å². The summed E-state index contributed by atoms with van der Waals surface area (Å²) in [6.45, 7) is 6.66. The number of fused-ring (bicyclic) bond motifs is 1. The van der Waals surface area contributed by atoms with Gasteiger partial charge in [0.2, 0.25) is 5.91 Å². The molecule has 178 valence electrons. The summed E-state index contributed by atoms with van der Waals surface area (Å²) < 4.78 is 5.19. The molecule has 0 aliphatic carbocycles. The number of carbonyl (C=O) groups is 4. The number of aromatic hydroxyl groups is 2. The third kappa shape index (κ3) is 5.16. The highest BCUT2D eigenvalue weighted by atomic mass is 32.2. The number of ether oxygens (including phenoxy) is 1. The molecule has 1 aromatic carbocycles. The number of phenols is 2. The number of benzene rings is 1. The first-order valence-electron chi connectivity index (χ1n) is 10.0. The molecule has 11 nitrogen and oxygen atoms in total. The molecule has 0 spiro atoms. The molecule has 3 rings (SSSR count). The normalized spacial score (nSPS) is 22.9. The maximum absolute atomic E-state index is 13.1. The molecule has 4 atom stereocenters. The highest BCUT2D eigenvalue weighted by molar-refractivity contribution is 8.00. The van der Waals surface area contributed by atoms with Crippen LogP contribution in [0.25, 0.3) is 0 Å². The molecular weight excluding hydrogens is 454 g/mol. The molecule has 0 saturated carbocycles. The van der Waals surface area contributed by atoms with Crippen LogP contribution in [0.15, 0.2) is 30.0 Å². The number of phenolic OH excluding ortho intramolecular Hbond substituents is 2. The minimum absolute atomic E-state index is 0.113. The monoisotopic (exact) mass is 479 g/mol. The van der Waals surface area contributed by atoms with Gasteiger partial charge in [-0.25, -0.2) is 9.59 Å². The molecule has 12 heteroatoms. The van der Waals surface area contributed by atoms with E-state index in [2.05, 4.69) is 10.6 Å². The lowest BCUT2D eigenvalue weighted by molar-refractivity contribution is -0.150. The molecular formula is C21H25N3O8S. The van der Waals surface area contributed by atoms with Gasteiger partial charge in [-0.1, -0.05) is 0 Å². The number of nitrogens with zero attached hydrogens (tertiary/aromatic N) is 1. The Labute approximate surface area is 193 Å². The predicted molar refractivity (Wildman–Crippen MR) is 117 cm³/mol. The maximum Gasteiger partial charge on any atom is 0.408 e. The fourth-order valence-corrected chi connectivity index (χ4v) is 4.78. The van der Waals surface area contributed by atoms with Gasteiger partial charge in [-0.2, -0.15) is 0 Å². The second-order valence-corrected chi connectivity index (χ2v) is 10.1. The molecule has 0 aromatic heterocycles. The average Bonchev–Trinajstić information content (AvgIpc) is 2.69. The number of aliphatic carboxylic acids is 1. The number of hydrogen-bond acceptors (Lipinski definition) is 8. The Kier molecular flexibility index (Phi) is 6.50. The summed E-state index contributed by atoms with van der Waals surface area (Å²) in [5.74, 6) is -3.34. The smallest absolute Gasteiger partial charge is 0.408 e. The van der Waals surface area contributed by atoms with Crippen molar-refractivity contribution in [3.05, 3.63) is 35.5 Å². The van der Waals surface area contributed by atoms with Crippen molar-refractivity contribution in [2.75, 3.05) is 0 Å². The number of rotatable bonds is 5. The van der Waals surface area contributed by atoms with Crippen LogP contribution < -0.4 is 10.6 Å². The Morgan fingerprint density at radius 3 is 2.48 bits per heavy atom. The van der Waals surface area contributed by atoms with E-state index in [0.29, 0.717) is 0 Å². The van der Waals surface area contributed by atoms with Gasteiger partial charge in [0.25, 0.3) is 5.91 Å². The summed E-state index contributed by atoms with van der Waals surface area (Å²) in [4.78, 5) is 50.7. The zero-order chi connectivity index (χ0) is 24.7. The summed E-state index contributed by atoms with van der Waals surface area (Å²) >= 11 is 1.30. The van der Waals surface area contributed by atoms with Gasteiger partial charge in [-0.05, 0) is 52.0 Å². The third-order valence-corrected chi connectivity index (χ3v) is 6.14. The van der Waals surface area contributed by atoms with Crippen molar-refractivity contribution in [2.24, 2.45) is 0 Å². The van der Waals surface area contributed by atoms with E-state index in [9.17, 15) is 34.5 Å². The Morgan fingerprint density at radius 1 is 1.21 bits per heavy atom. The zero-order valence-electron chi connectivity index (χ0n) is 18.4. The van der Waals surface area contributed by atoms with Crippen LogP contribution in [0.1, 0.15) is 39.3 Å². The maximum atomic E-state index is 13.1. The van der Waals surface area contributed by atoms with Crippen LogP contribution >= 0.6 is 11.8 Å². The molecule has 2 aliphatic rings. The van der Waals surface area contributed by atoms with Crippen LogP contribution in [0.3, 0.4) is 0 Å². The molecule has 2 heterocycles. The summed E-state index contributed by atoms with van der Waals surface area (Å²) in [6, 6.07) is 0.911. The van der Waals surface area contributed by atoms with Crippen molar-refractivity contribution in [3.63, 3.8) is 0 Å². The molecule has 3 unspecified atom stereocenters. The van der Waals surface area contributed by atoms with E-state index in [1.165, 1.54) is 23.9 Å². The molecule has 1 fully saturated rings. The van der Waals surface area contributed by atoms with E-state index in [4.69, 9.17) is 4.74 Å². The molecule has 3 amide bonds. The van der Waals surface area contributed by atoms with Crippen molar-refractivity contribution >= 4 is 35.6 Å². The number of nitrogens with one attached hydrogen (secondary N) is 2. The van der Waals surface area contributed by atoms with Crippen molar-refractivity contribution in [1.29, 1.82) is 0 Å². The van der Waals surface area contributed by atoms with E-state index in [1.54, 1.807) is 27.7 Å². The summed E-state index contributed by atoms with van der Waals surface area (Å²) in [6.07, 6.45) is 0.501. The fraction of sp³-hybridized carbons (Fsp3) is 0.429. The minimum Gasteiger partial charge on any atom is -0.508 e. The highest BCUT2D eigenvalue weighted by Crippen LogP contribution is 2.41. The summed E-state index contributed by atoms with van der Waals surface area (Å²) in [5.41, 5.74) is -1.14. The van der Waals surface area contributed by atoms with E-state index < -0.39 is 46.9 Å². The van der Waals surface area contributed by atoms with Crippen molar-refractivity contribution in [2.45, 2.75) is 56.0 Å². The van der Waals surface area contributed by atoms with Crippen LogP contribution in [0, 0.1) is 0 Å². The van der Waals surface area contributed by atoms with E-state index in [0.717, 1.165) is 17.0 Å². The van der Waals surface area contributed by atoms with Gasteiger partial charge in [-0.3, -0.25) is 14.5 Å². The lowest BCUT2D eigenvalue weighted by atomic mass is 10.0. The standard InChI is InChI=1S/C21H25N3O8S/c1-9-7-12(19(29)30)24-17(28)15(18(24)33-9)22-16(27)14(23-20(31)32-21(2,3)4)11-8-10(25)5-6-13(11)26/h5-9,14-15,18,25-26H,1-4H3,(H,22,27)(H,23,31)(H,29,30)/t9?,14?,15?,18-/m1/s1. The molecule has 5 N–H and O–H groups in total. The SMILES string of the molecule is CC1C=C(C(=O)O)N2C(=O)C(NC(=O)C(NC(=O)OC(C)(C)C)c3cc(O)ccc3O)[C@H]2S1. The van der Waals surface area contributed by atoms with Gasteiger partial charge >= 0.3 is 12.1 Å². The van der Waals surface area contributed by atoms with Gasteiger partial charge in [0, 0.05) is 10.8 Å². The molecule has 1 aromatic rings. The number of β-lactam (4-membered cyclic amide) rings is 1. The van der Waals surface area contributed by atoms with Gasteiger partial charge < -0.3 is 30.7 Å². The number of amides is 3.